The number of benzene rings is 1. The molecule has 2 aliphatic heterocycles. The number of halogens is 1. The fourth-order valence-electron chi connectivity index (χ4n) is 3.31. The van der Waals surface area contributed by atoms with E-state index in [4.69, 9.17) is 11.6 Å². The lowest BCUT2D eigenvalue weighted by Gasteiger charge is -2.32. The van der Waals surface area contributed by atoms with Gasteiger partial charge in [-0.1, -0.05) is 12.1 Å². The Balaban J connectivity index is 1.51. The Bertz CT molecular complexity index is 709. The fraction of sp³-hybridized carbons (Fsp3) is 0.444. The molecule has 0 unspecified atom stereocenters. The number of hydrogen-bond acceptors (Lipinski definition) is 4. The predicted octanol–water partition coefficient (Wildman–Crippen LogP) is 1.02. The molecule has 7 nitrogen and oxygen atoms in total. The van der Waals surface area contributed by atoms with Gasteiger partial charge in [0.15, 0.2) is 0 Å². The fourth-order valence-corrected chi connectivity index (χ4v) is 3.47. The molecule has 2 aliphatic rings. The van der Waals surface area contributed by atoms with Gasteiger partial charge in [-0.2, -0.15) is 0 Å². The van der Waals surface area contributed by atoms with Crippen molar-refractivity contribution in [2.45, 2.75) is 25.3 Å². The monoisotopic (exact) mass is 377 g/mol. The first-order valence-corrected chi connectivity index (χ1v) is 9.13. The molecule has 0 bridgehead atoms. The summed E-state index contributed by atoms with van der Waals surface area (Å²) in [4.78, 5) is 51.4. The van der Waals surface area contributed by atoms with Crippen LogP contribution in [0.1, 0.15) is 40.0 Å². The number of carbonyl (C=O) groups excluding carboxylic acids is 4. The molecule has 0 saturated carbocycles. The summed E-state index contributed by atoms with van der Waals surface area (Å²) >= 11 is 5.59. The first kappa shape index (κ1) is 18.4. The third kappa shape index (κ3) is 3.72. The minimum Gasteiger partial charge on any atom is -0.352 e. The zero-order valence-corrected chi connectivity index (χ0v) is 15.0. The van der Waals surface area contributed by atoms with Crippen molar-refractivity contribution < 1.29 is 19.2 Å². The Hall–Kier alpha value is -2.41. The highest BCUT2D eigenvalue weighted by Gasteiger charge is 2.36. The molecule has 3 rings (SSSR count). The molecule has 1 N–H and O–H groups in total. The maximum atomic E-state index is 12.3. The van der Waals surface area contributed by atoms with Gasteiger partial charge in [0.05, 0.1) is 11.1 Å². The largest absolute Gasteiger partial charge is 0.352 e. The van der Waals surface area contributed by atoms with Gasteiger partial charge in [0.1, 0.15) is 6.54 Å². The topological polar surface area (TPSA) is 86.8 Å². The summed E-state index contributed by atoms with van der Waals surface area (Å²) in [7, 11) is 0. The molecule has 2 heterocycles. The Morgan fingerprint density at radius 1 is 1.08 bits per heavy atom. The van der Waals surface area contributed by atoms with Crippen molar-refractivity contribution in [2.24, 2.45) is 0 Å². The van der Waals surface area contributed by atoms with Crippen LogP contribution in [0.15, 0.2) is 24.3 Å². The van der Waals surface area contributed by atoms with Gasteiger partial charge in [-0.25, -0.2) is 0 Å². The third-order valence-corrected chi connectivity index (χ3v) is 4.89. The number of nitrogens with one attached hydrogen (secondary N) is 1. The Morgan fingerprint density at radius 3 is 2.19 bits per heavy atom. The molecule has 0 aromatic heterocycles. The van der Waals surface area contributed by atoms with Crippen molar-refractivity contribution in [1.82, 2.24) is 15.1 Å². The number of piperidine rings is 1. The van der Waals surface area contributed by atoms with E-state index in [1.54, 1.807) is 29.2 Å². The number of amides is 4. The second kappa shape index (κ2) is 7.86. The summed E-state index contributed by atoms with van der Waals surface area (Å²) in [5.74, 6) is -0.930. The smallest absolute Gasteiger partial charge is 0.262 e. The first-order valence-electron chi connectivity index (χ1n) is 8.59. The minimum atomic E-state index is -0.442. The molecule has 0 atom stereocenters. The highest BCUT2D eigenvalue weighted by molar-refractivity contribution is 6.22. The molecule has 1 aromatic rings. The van der Waals surface area contributed by atoms with Crippen LogP contribution in [-0.4, -0.2) is 65.0 Å². The summed E-state index contributed by atoms with van der Waals surface area (Å²) in [6.07, 6.45) is 1.60. The van der Waals surface area contributed by atoms with Gasteiger partial charge >= 0.3 is 0 Å². The lowest BCUT2D eigenvalue weighted by atomic mass is 10.0. The van der Waals surface area contributed by atoms with Crippen molar-refractivity contribution in [3.8, 4) is 0 Å². The second-order valence-electron chi connectivity index (χ2n) is 6.40. The van der Waals surface area contributed by atoms with Crippen LogP contribution >= 0.6 is 11.6 Å². The molecule has 4 amide bonds. The zero-order valence-electron chi connectivity index (χ0n) is 14.2. The summed E-state index contributed by atoms with van der Waals surface area (Å²) in [5.41, 5.74) is 0.660. The quantitative estimate of drug-likeness (QED) is 0.613. The average Bonchev–Trinajstić information content (AvgIpc) is 2.88. The van der Waals surface area contributed by atoms with Gasteiger partial charge in [0, 0.05) is 31.4 Å². The van der Waals surface area contributed by atoms with Crippen molar-refractivity contribution in [3.63, 3.8) is 0 Å². The highest BCUT2D eigenvalue weighted by atomic mass is 35.5. The molecule has 138 valence electrons. The molecule has 0 spiro atoms. The van der Waals surface area contributed by atoms with Gasteiger partial charge in [-0.05, 0) is 25.0 Å². The van der Waals surface area contributed by atoms with Crippen molar-refractivity contribution >= 4 is 35.2 Å². The average molecular weight is 378 g/mol. The van der Waals surface area contributed by atoms with Crippen LogP contribution in [0.4, 0.5) is 0 Å². The number of fused-ring (bicyclic) bond motifs is 1. The normalized spacial score (nSPS) is 17.4. The van der Waals surface area contributed by atoms with E-state index in [1.165, 1.54) is 0 Å². The van der Waals surface area contributed by atoms with E-state index in [0.717, 1.165) is 4.90 Å². The van der Waals surface area contributed by atoms with E-state index >= 15 is 0 Å². The zero-order chi connectivity index (χ0) is 18.7. The molecule has 1 aromatic carbocycles. The van der Waals surface area contributed by atoms with Crippen LogP contribution in [0.25, 0.3) is 0 Å². The van der Waals surface area contributed by atoms with Gasteiger partial charge < -0.3 is 10.2 Å². The van der Waals surface area contributed by atoms with E-state index in [0.29, 0.717) is 49.4 Å². The summed E-state index contributed by atoms with van der Waals surface area (Å²) in [5, 5.41) is 2.86. The highest BCUT2D eigenvalue weighted by Crippen LogP contribution is 2.22. The molecular formula is C18H20ClN3O4. The lowest BCUT2D eigenvalue weighted by molar-refractivity contribution is -0.132. The molecule has 0 aliphatic carbocycles. The molecule has 1 fully saturated rings. The number of hydrogen-bond donors (Lipinski definition) is 1. The number of carbonyl (C=O) groups is 4. The van der Waals surface area contributed by atoms with Crippen LogP contribution in [0, 0.1) is 0 Å². The SMILES string of the molecule is O=C(CN1C(=O)c2ccccc2C1=O)NC1CCN(C(=O)CCCl)CC1. The molecule has 8 heteroatoms. The number of imide groups is 1. The molecule has 26 heavy (non-hydrogen) atoms. The van der Waals surface area contributed by atoms with Gasteiger partial charge in [0.25, 0.3) is 11.8 Å². The van der Waals surface area contributed by atoms with Crippen LogP contribution in [0.5, 0.6) is 0 Å². The lowest BCUT2D eigenvalue weighted by Crippen LogP contribution is -2.49. The van der Waals surface area contributed by atoms with E-state index < -0.39 is 11.8 Å². The van der Waals surface area contributed by atoms with Crippen LogP contribution < -0.4 is 5.32 Å². The molecule has 1 saturated heterocycles. The minimum absolute atomic E-state index is 0.0239. The second-order valence-corrected chi connectivity index (χ2v) is 6.78. The van der Waals surface area contributed by atoms with Gasteiger partial charge in [-0.15, -0.1) is 11.6 Å². The summed E-state index contributed by atoms with van der Waals surface area (Å²) in [6, 6.07) is 6.47. The van der Waals surface area contributed by atoms with Crippen LogP contribution in [-0.2, 0) is 9.59 Å². The van der Waals surface area contributed by atoms with E-state index in [2.05, 4.69) is 5.32 Å². The first-order chi connectivity index (χ1) is 12.5. The van der Waals surface area contributed by atoms with Gasteiger partial charge in [-0.3, -0.25) is 24.1 Å². The van der Waals surface area contributed by atoms with Crippen molar-refractivity contribution in [3.05, 3.63) is 35.4 Å². The van der Waals surface area contributed by atoms with Crippen LogP contribution in [0.2, 0.25) is 0 Å². The summed E-state index contributed by atoms with van der Waals surface area (Å²) < 4.78 is 0. The Kier molecular flexibility index (Phi) is 5.56. The standard InChI is InChI=1S/C18H20ClN3O4/c19-8-5-16(24)21-9-6-12(7-10-21)20-15(23)11-22-17(25)13-3-1-2-4-14(13)18(22)26/h1-4,12H,5-11H2,(H,20,23). The predicted molar refractivity (Wildman–Crippen MR) is 94.9 cm³/mol. The Labute approximate surface area is 156 Å². The van der Waals surface area contributed by atoms with Gasteiger partial charge in [0.2, 0.25) is 11.8 Å². The van der Waals surface area contributed by atoms with E-state index in [9.17, 15) is 19.2 Å². The maximum absolute atomic E-state index is 12.3. The van der Waals surface area contributed by atoms with Crippen molar-refractivity contribution in [2.75, 3.05) is 25.5 Å². The number of likely N-dealkylation sites (tertiary alicyclic amines) is 1. The maximum Gasteiger partial charge on any atom is 0.262 e. The van der Waals surface area contributed by atoms with Crippen molar-refractivity contribution in [1.29, 1.82) is 0 Å². The summed E-state index contributed by atoms with van der Waals surface area (Å²) in [6.45, 7) is 0.832. The number of rotatable bonds is 5. The van der Waals surface area contributed by atoms with E-state index in [-0.39, 0.29) is 24.4 Å². The van der Waals surface area contributed by atoms with E-state index in [1.807, 2.05) is 0 Å². The van der Waals surface area contributed by atoms with Crippen LogP contribution in [0.3, 0.4) is 0 Å². The third-order valence-electron chi connectivity index (χ3n) is 4.70. The Morgan fingerprint density at radius 2 is 1.65 bits per heavy atom. The molecular weight excluding hydrogens is 358 g/mol. The number of alkyl halides is 1. The molecule has 0 radical (unpaired) electrons. The number of nitrogens with zero attached hydrogens (tertiary/aromatic N) is 2.